The Morgan fingerprint density at radius 3 is 3.13 bits per heavy atom. The summed E-state index contributed by atoms with van der Waals surface area (Å²) in [6, 6.07) is 1.79. The third kappa shape index (κ3) is 3.63. The quantitative estimate of drug-likeness (QED) is 0.920. The van der Waals surface area contributed by atoms with Crippen LogP contribution in [0.3, 0.4) is 0 Å². The molecule has 124 valence electrons. The lowest BCUT2D eigenvalue weighted by molar-refractivity contribution is 0.0662. The van der Waals surface area contributed by atoms with Crippen molar-refractivity contribution in [1.29, 1.82) is 0 Å². The molecular weight excluding hydrogens is 292 g/mol. The molecule has 1 fully saturated rings. The van der Waals surface area contributed by atoms with E-state index in [-0.39, 0.29) is 5.91 Å². The number of H-pyrrole nitrogens is 1. The Morgan fingerprint density at radius 2 is 2.39 bits per heavy atom. The smallest absolute Gasteiger partial charge is 0.276 e. The van der Waals surface area contributed by atoms with Crippen LogP contribution in [0.1, 0.15) is 53.7 Å². The summed E-state index contributed by atoms with van der Waals surface area (Å²) in [6.07, 6.45) is 6.77. The maximum atomic E-state index is 12.6. The molecule has 1 amide bonds. The molecule has 3 rings (SSSR count). The van der Waals surface area contributed by atoms with Gasteiger partial charge in [-0.25, -0.2) is 0 Å². The van der Waals surface area contributed by atoms with Crippen LogP contribution >= 0.6 is 0 Å². The number of rotatable bonds is 5. The summed E-state index contributed by atoms with van der Waals surface area (Å²) in [5.41, 5.74) is 2.80. The number of nitrogens with one attached hydrogen (secondary N) is 1. The van der Waals surface area contributed by atoms with E-state index in [4.69, 9.17) is 4.52 Å². The van der Waals surface area contributed by atoms with Crippen molar-refractivity contribution in [3.63, 3.8) is 0 Å². The van der Waals surface area contributed by atoms with Crippen LogP contribution < -0.4 is 0 Å². The number of aromatic amines is 1. The Balaban J connectivity index is 1.63. The number of hydrogen-bond donors (Lipinski definition) is 1. The zero-order valence-corrected chi connectivity index (χ0v) is 13.8. The second-order valence-corrected chi connectivity index (χ2v) is 6.42. The summed E-state index contributed by atoms with van der Waals surface area (Å²) < 4.78 is 5.23. The SMILES string of the molecule is CCCc1cc(C(=O)N2CCC[C@H](Cc3[nH]ncc3C)C2)no1. The minimum atomic E-state index is -0.0119. The lowest BCUT2D eigenvalue weighted by atomic mass is 9.92. The van der Waals surface area contributed by atoms with Gasteiger partial charge in [-0.2, -0.15) is 5.10 Å². The fourth-order valence-corrected chi connectivity index (χ4v) is 3.22. The molecule has 0 radical (unpaired) electrons. The van der Waals surface area contributed by atoms with Gasteiger partial charge < -0.3 is 9.42 Å². The second kappa shape index (κ2) is 6.98. The predicted octanol–water partition coefficient (Wildman–Crippen LogP) is 2.75. The highest BCUT2D eigenvalue weighted by molar-refractivity contribution is 5.92. The van der Waals surface area contributed by atoms with Gasteiger partial charge in [0.05, 0.1) is 6.20 Å². The zero-order valence-electron chi connectivity index (χ0n) is 13.8. The van der Waals surface area contributed by atoms with Gasteiger partial charge in [-0.05, 0) is 44.1 Å². The Morgan fingerprint density at radius 1 is 1.52 bits per heavy atom. The summed E-state index contributed by atoms with van der Waals surface area (Å²) in [7, 11) is 0. The van der Waals surface area contributed by atoms with E-state index in [1.54, 1.807) is 6.07 Å². The average molecular weight is 316 g/mol. The van der Waals surface area contributed by atoms with Crippen molar-refractivity contribution >= 4 is 5.91 Å². The minimum absolute atomic E-state index is 0.0119. The fraction of sp³-hybridized carbons (Fsp3) is 0.588. The maximum absolute atomic E-state index is 12.6. The van der Waals surface area contributed by atoms with Crippen molar-refractivity contribution in [2.45, 2.75) is 46.0 Å². The molecule has 0 aliphatic carbocycles. The Kier molecular flexibility index (Phi) is 4.79. The highest BCUT2D eigenvalue weighted by Gasteiger charge is 2.27. The minimum Gasteiger partial charge on any atom is -0.361 e. The summed E-state index contributed by atoms with van der Waals surface area (Å²) >= 11 is 0. The molecule has 6 heteroatoms. The first-order valence-electron chi connectivity index (χ1n) is 8.41. The van der Waals surface area contributed by atoms with Crippen molar-refractivity contribution in [3.05, 3.63) is 35.0 Å². The van der Waals surface area contributed by atoms with Gasteiger partial charge in [0.15, 0.2) is 5.69 Å². The normalized spacial score (nSPS) is 18.3. The van der Waals surface area contributed by atoms with Gasteiger partial charge in [0, 0.05) is 31.3 Å². The van der Waals surface area contributed by atoms with E-state index in [2.05, 4.69) is 29.2 Å². The number of likely N-dealkylation sites (tertiary alicyclic amines) is 1. The summed E-state index contributed by atoms with van der Waals surface area (Å²) in [5, 5.41) is 11.1. The Bertz CT molecular complexity index is 661. The van der Waals surface area contributed by atoms with Gasteiger partial charge in [-0.15, -0.1) is 0 Å². The molecule has 0 saturated carbocycles. The van der Waals surface area contributed by atoms with Gasteiger partial charge in [0.1, 0.15) is 5.76 Å². The second-order valence-electron chi connectivity index (χ2n) is 6.42. The summed E-state index contributed by atoms with van der Waals surface area (Å²) in [5.74, 6) is 1.24. The highest BCUT2D eigenvalue weighted by Crippen LogP contribution is 2.22. The van der Waals surface area contributed by atoms with E-state index in [0.717, 1.165) is 51.0 Å². The molecule has 1 saturated heterocycles. The molecule has 2 aromatic rings. The van der Waals surface area contributed by atoms with E-state index in [1.807, 2.05) is 11.1 Å². The standard InChI is InChI=1S/C17H24N4O2/c1-3-5-14-9-16(20-23-14)17(22)21-7-4-6-13(11-21)8-15-12(2)10-18-19-15/h9-10,13H,3-8,11H2,1-2H3,(H,18,19)/t13-/m1/s1. The molecule has 1 N–H and O–H groups in total. The van der Waals surface area contributed by atoms with Gasteiger partial charge in [0.25, 0.3) is 5.91 Å². The Labute approximate surface area is 136 Å². The number of piperidine rings is 1. The maximum Gasteiger partial charge on any atom is 0.276 e. The highest BCUT2D eigenvalue weighted by atomic mass is 16.5. The number of aromatic nitrogens is 3. The molecule has 1 aliphatic rings. The molecule has 1 atom stereocenters. The Hall–Kier alpha value is -2.11. The average Bonchev–Trinajstić information content (AvgIpc) is 3.17. The van der Waals surface area contributed by atoms with E-state index < -0.39 is 0 Å². The molecule has 0 aromatic carbocycles. The molecule has 0 bridgehead atoms. The number of carbonyl (C=O) groups is 1. The van der Waals surface area contributed by atoms with Crippen LogP contribution in [0.2, 0.25) is 0 Å². The molecule has 3 heterocycles. The first-order valence-corrected chi connectivity index (χ1v) is 8.41. The number of amides is 1. The van der Waals surface area contributed by atoms with Crippen molar-refractivity contribution in [2.24, 2.45) is 5.92 Å². The first-order chi connectivity index (χ1) is 11.2. The topological polar surface area (TPSA) is 75.0 Å². The van der Waals surface area contributed by atoms with Crippen LogP contribution in [0.5, 0.6) is 0 Å². The van der Waals surface area contributed by atoms with Crippen LogP contribution in [-0.4, -0.2) is 39.3 Å². The molecule has 6 nitrogen and oxygen atoms in total. The van der Waals surface area contributed by atoms with Gasteiger partial charge in [-0.1, -0.05) is 12.1 Å². The lowest BCUT2D eigenvalue weighted by Crippen LogP contribution is -2.40. The van der Waals surface area contributed by atoms with Gasteiger partial charge in [0.2, 0.25) is 0 Å². The van der Waals surface area contributed by atoms with Crippen LogP contribution in [0, 0.1) is 12.8 Å². The molecule has 2 aromatic heterocycles. The van der Waals surface area contributed by atoms with Crippen LogP contribution in [-0.2, 0) is 12.8 Å². The molecule has 0 unspecified atom stereocenters. The van der Waals surface area contributed by atoms with Crippen LogP contribution in [0.4, 0.5) is 0 Å². The predicted molar refractivity (Wildman–Crippen MR) is 86.2 cm³/mol. The molecule has 23 heavy (non-hydrogen) atoms. The van der Waals surface area contributed by atoms with Crippen molar-refractivity contribution < 1.29 is 9.32 Å². The number of aryl methyl sites for hydroxylation is 2. The van der Waals surface area contributed by atoms with Crippen LogP contribution in [0.15, 0.2) is 16.8 Å². The van der Waals surface area contributed by atoms with E-state index >= 15 is 0 Å². The number of hydrogen-bond acceptors (Lipinski definition) is 4. The summed E-state index contributed by atoms with van der Waals surface area (Å²) in [4.78, 5) is 14.5. The van der Waals surface area contributed by atoms with Crippen molar-refractivity contribution in [1.82, 2.24) is 20.3 Å². The molecule has 1 aliphatic heterocycles. The van der Waals surface area contributed by atoms with Crippen LogP contribution in [0.25, 0.3) is 0 Å². The largest absolute Gasteiger partial charge is 0.361 e. The van der Waals surface area contributed by atoms with Gasteiger partial charge >= 0.3 is 0 Å². The zero-order chi connectivity index (χ0) is 16.2. The first kappa shape index (κ1) is 15.8. The molecular formula is C17H24N4O2. The fourth-order valence-electron chi connectivity index (χ4n) is 3.22. The number of carbonyl (C=O) groups excluding carboxylic acids is 1. The third-order valence-electron chi connectivity index (χ3n) is 4.51. The number of nitrogens with zero attached hydrogens (tertiary/aromatic N) is 3. The third-order valence-corrected chi connectivity index (χ3v) is 4.51. The van der Waals surface area contributed by atoms with E-state index in [9.17, 15) is 4.79 Å². The van der Waals surface area contributed by atoms with Crippen molar-refractivity contribution in [2.75, 3.05) is 13.1 Å². The summed E-state index contributed by atoms with van der Waals surface area (Å²) in [6.45, 7) is 5.71. The van der Waals surface area contributed by atoms with Gasteiger partial charge in [-0.3, -0.25) is 9.89 Å². The van der Waals surface area contributed by atoms with E-state index in [1.165, 1.54) is 11.3 Å². The monoisotopic (exact) mass is 316 g/mol. The lowest BCUT2D eigenvalue weighted by Gasteiger charge is -2.32. The van der Waals surface area contributed by atoms with E-state index in [0.29, 0.717) is 11.6 Å². The molecule has 0 spiro atoms. The van der Waals surface area contributed by atoms with Crippen molar-refractivity contribution in [3.8, 4) is 0 Å².